The quantitative estimate of drug-likeness (QED) is 0.187. The zero-order valence-corrected chi connectivity index (χ0v) is 23.8. The number of H-pyrrole nitrogens is 2. The summed E-state index contributed by atoms with van der Waals surface area (Å²) in [5.41, 5.74) is 9.14. The van der Waals surface area contributed by atoms with Crippen LogP contribution in [0.15, 0.2) is 74.2 Å². The Labute approximate surface area is 241 Å². The largest absolute Gasteiger partial charge is 0.357 e. The lowest BCUT2D eigenvalue weighted by atomic mass is 10.0. The summed E-state index contributed by atoms with van der Waals surface area (Å²) in [4.78, 5) is 16.6. The Morgan fingerprint density at radius 1 is 1.17 bits per heavy atom. The van der Waals surface area contributed by atoms with Crippen molar-refractivity contribution < 1.29 is 8.78 Å². The minimum Gasteiger partial charge on any atom is -0.357 e. The normalized spacial score (nSPS) is 15.6. The highest BCUT2D eigenvalue weighted by Crippen LogP contribution is 2.37. The van der Waals surface area contributed by atoms with Crippen LogP contribution in [0.25, 0.3) is 44.7 Å². The number of allylic oxidation sites excluding steroid dienone is 3. The molecule has 208 valence electrons. The van der Waals surface area contributed by atoms with Crippen LogP contribution < -0.4 is 0 Å². The fourth-order valence-corrected chi connectivity index (χ4v) is 6.27. The fourth-order valence-electron chi connectivity index (χ4n) is 5.29. The van der Waals surface area contributed by atoms with E-state index < -0.39 is 5.92 Å². The van der Waals surface area contributed by atoms with Gasteiger partial charge < -0.3 is 4.98 Å². The van der Waals surface area contributed by atoms with Crippen molar-refractivity contribution in [1.82, 2.24) is 30.0 Å². The Morgan fingerprint density at radius 3 is 2.73 bits per heavy atom. The van der Waals surface area contributed by atoms with Crippen LogP contribution in [-0.4, -0.2) is 49.1 Å². The number of rotatable bonds is 8. The molecule has 5 aromatic rings. The molecule has 9 heteroatoms. The molecule has 1 saturated heterocycles. The van der Waals surface area contributed by atoms with E-state index in [1.807, 2.05) is 25.1 Å². The third-order valence-electron chi connectivity index (χ3n) is 7.33. The number of thiophene rings is 1. The third kappa shape index (κ3) is 5.42. The van der Waals surface area contributed by atoms with Crippen LogP contribution in [0.5, 0.6) is 0 Å². The van der Waals surface area contributed by atoms with Crippen molar-refractivity contribution >= 4 is 33.4 Å². The Morgan fingerprint density at radius 2 is 2.00 bits per heavy atom. The van der Waals surface area contributed by atoms with Gasteiger partial charge in [0, 0.05) is 69.4 Å². The lowest BCUT2D eigenvalue weighted by Crippen LogP contribution is -2.24. The molecule has 1 fully saturated rings. The molecule has 0 bridgehead atoms. The van der Waals surface area contributed by atoms with E-state index in [2.05, 4.69) is 63.4 Å². The summed E-state index contributed by atoms with van der Waals surface area (Å²) in [7, 11) is 0. The van der Waals surface area contributed by atoms with E-state index in [9.17, 15) is 8.78 Å². The molecule has 2 N–H and O–H groups in total. The van der Waals surface area contributed by atoms with Crippen molar-refractivity contribution in [3.8, 4) is 22.6 Å². The second-order valence-corrected chi connectivity index (χ2v) is 11.7. The van der Waals surface area contributed by atoms with Crippen LogP contribution in [0.2, 0.25) is 0 Å². The lowest BCUT2D eigenvalue weighted by molar-refractivity contribution is 0.0115. The molecule has 5 aromatic heterocycles. The molecule has 41 heavy (non-hydrogen) atoms. The number of alkyl halides is 2. The molecule has 0 atom stereocenters. The molecule has 0 radical (unpaired) electrons. The van der Waals surface area contributed by atoms with Gasteiger partial charge in [-0.1, -0.05) is 25.3 Å². The van der Waals surface area contributed by atoms with Gasteiger partial charge in [0.2, 0.25) is 0 Å². The van der Waals surface area contributed by atoms with Gasteiger partial charge in [0.05, 0.1) is 29.6 Å². The lowest BCUT2D eigenvalue weighted by Gasteiger charge is -2.15. The molecule has 6 nitrogen and oxygen atoms in total. The zero-order valence-electron chi connectivity index (χ0n) is 23.0. The maximum absolute atomic E-state index is 13.7. The second kappa shape index (κ2) is 10.6. The molecule has 0 aliphatic carbocycles. The van der Waals surface area contributed by atoms with E-state index >= 15 is 0 Å². The molecule has 0 aromatic carbocycles. The van der Waals surface area contributed by atoms with Gasteiger partial charge in [0.1, 0.15) is 5.69 Å². The minimum atomic E-state index is -2.62. The highest BCUT2D eigenvalue weighted by molar-refractivity contribution is 7.14. The highest BCUT2D eigenvalue weighted by Gasteiger charge is 2.37. The first-order chi connectivity index (χ1) is 19.7. The summed E-state index contributed by atoms with van der Waals surface area (Å²) < 4.78 is 27.3. The first kappa shape index (κ1) is 27.0. The Bertz CT molecular complexity index is 1810. The van der Waals surface area contributed by atoms with E-state index in [1.54, 1.807) is 40.9 Å². The number of fused-ring (bicyclic) bond motifs is 1. The summed E-state index contributed by atoms with van der Waals surface area (Å²) in [6.45, 7) is 12.7. The van der Waals surface area contributed by atoms with E-state index in [0.29, 0.717) is 13.1 Å². The molecular formula is C32H30F2N6S. The van der Waals surface area contributed by atoms with Gasteiger partial charge in [-0.25, -0.2) is 8.78 Å². The summed E-state index contributed by atoms with van der Waals surface area (Å²) in [6.07, 6.45) is 8.98. The molecule has 0 saturated carbocycles. The van der Waals surface area contributed by atoms with Gasteiger partial charge in [-0.3, -0.25) is 20.0 Å². The Balaban J connectivity index is 1.33. The number of hydrogen-bond donors (Lipinski definition) is 2. The molecule has 0 unspecified atom stereocenters. The van der Waals surface area contributed by atoms with E-state index in [0.717, 1.165) is 71.3 Å². The van der Waals surface area contributed by atoms with E-state index in [-0.39, 0.29) is 13.0 Å². The summed E-state index contributed by atoms with van der Waals surface area (Å²) in [5, 5.41) is 8.64. The van der Waals surface area contributed by atoms with Gasteiger partial charge in [-0.15, -0.1) is 11.3 Å². The van der Waals surface area contributed by atoms with E-state index in [4.69, 9.17) is 0 Å². The zero-order chi connectivity index (χ0) is 28.7. The number of nitrogens with zero attached hydrogens (tertiary/aromatic N) is 4. The van der Waals surface area contributed by atoms with E-state index in [1.165, 1.54) is 0 Å². The molecule has 1 aliphatic heterocycles. The van der Waals surface area contributed by atoms with Crippen LogP contribution in [0.1, 0.15) is 39.9 Å². The van der Waals surface area contributed by atoms with Crippen LogP contribution in [-0.2, 0) is 6.54 Å². The monoisotopic (exact) mass is 568 g/mol. The smallest absolute Gasteiger partial charge is 0.261 e. The minimum absolute atomic E-state index is 0.102. The van der Waals surface area contributed by atoms with Crippen LogP contribution in [0, 0.1) is 6.92 Å². The highest BCUT2D eigenvalue weighted by atomic mass is 32.1. The van der Waals surface area contributed by atoms with Gasteiger partial charge in [0.25, 0.3) is 5.92 Å². The molecule has 0 spiro atoms. The molecule has 0 amide bonds. The van der Waals surface area contributed by atoms with Gasteiger partial charge in [0.15, 0.2) is 0 Å². The van der Waals surface area contributed by atoms with Crippen molar-refractivity contribution in [2.24, 2.45) is 0 Å². The number of nitrogens with one attached hydrogen (secondary N) is 2. The average Bonchev–Trinajstić information content (AvgIpc) is 3.73. The summed E-state index contributed by atoms with van der Waals surface area (Å²) >= 11 is 1.71. The number of aryl methyl sites for hydroxylation is 1. The fraction of sp³-hybridized carbons (Fsp3) is 0.219. The third-order valence-corrected chi connectivity index (χ3v) is 8.61. The number of likely N-dealkylation sites (tertiary alicyclic amines) is 1. The SMILES string of the molecule is C=C/C=C(/c1ccc(C(=C)C)s1)c1cc(-c2n[nH]c3cnc(-c4cncc(CN5CCC(F)(F)C5)c4)cc23)[nH]c1C. The first-order valence-electron chi connectivity index (χ1n) is 13.4. The van der Waals surface area contributed by atoms with Crippen molar-refractivity contribution in [2.75, 3.05) is 13.1 Å². The summed E-state index contributed by atoms with van der Waals surface area (Å²) in [5.74, 6) is -2.62. The number of aromatic nitrogens is 5. The van der Waals surface area contributed by atoms with Crippen molar-refractivity contribution in [3.63, 3.8) is 0 Å². The standard InChI is InChI=1S/C32H30F2N6S/c1-5-6-23(30-8-7-29(41-30)19(2)3)24-12-27(37-20(24)4)31-25-13-26(36-16-28(25)38-39-31)22-11-21(14-35-15-22)17-40-10-9-32(33,34)18-40/h5-8,11-16,37H,1-2,9-10,17-18H2,3-4H3,(H,38,39)/b23-6+. The van der Waals surface area contributed by atoms with Crippen LogP contribution >= 0.6 is 11.3 Å². The van der Waals surface area contributed by atoms with Gasteiger partial charge in [-0.05, 0) is 55.3 Å². The Kier molecular flexibility index (Phi) is 7.01. The number of halogens is 2. The second-order valence-electron chi connectivity index (χ2n) is 10.6. The number of pyridine rings is 2. The van der Waals surface area contributed by atoms with Gasteiger partial charge in [-0.2, -0.15) is 5.10 Å². The average molecular weight is 569 g/mol. The summed E-state index contributed by atoms with van der Waals surface area (Å²) in [6, 6.07) is 10.3. The van der Waals surface area contributed by atoms with Crippen molar-refractivity contribution in [1.29, 1.82) is 0 Å². The van der Waals surface area contributed by atoms with Crippen LogP contribution in [0.4, 0.5) is 8.78 Å². The molecule has 6 heterocycles. The Hall–Kier alpha value is -4.21. The number of aromatic amines is 2. The predicted octanol–water partition coefficient (Wildman–Crippen LogP) is 7.88. The topological polar surface area (TPSA) is 73.5 Å². The van der Waals surface area contributed by atoms with Crippen LogP contribution in [0.3, 0.4) is 0 Å². The maximum atomic E-state index is 13.7. The first-order valence-corrected chi connectivity index (χ1v) is 14.2. The van der Waals surface area contributed by atoms with Gasteiger partial charge >= 0.3 is 0 Å². The predicted molar refractivity (Wildman–Crippen MR) is 163 cm³/mol. The van der Waals surface area contributed by atoms with Crippen molar-refractivity contribution in [3.05, 3.63) is 101 Å². The molecule has 6 rings (SSSR count). The maximum Gasteiger partial charge on any atom is 0.261 e. The molecular weight excluding hydrogens is 538 g/mol. The number of hydrogen-bond acceptors (Lipinski definition) is 5. The molecule has 1 aliphatic rings. The van der Waals surface area contributed by atoms with Crippen molar-refractivity contribution in [2.45, 2.75) is 32.7 Å².